The second kappa shape index (κ2) is 9.30. The predicted octanol–water partition coefficient (Wildman–Crippen LogP) is 1.62. The highest BCUT2D eigenvalue weighted by Gasteiger charge is 2.24. The predicted molar refractivity (Wildman–Crippen MR) is 66.0 cm³/mol. The van der Waals surface area contributed by atoms with Crippen LogP contribution in [0.15, 0.2) is 0 Å². The van der Waals surface area contributed by atoms with Gasteiger partial charge in [0.1, 0.15) is 6.10 Å². The van der Waals surface area contributed by atoms with Gasteiger partial charge in [0.25, 0.3) is 0 Å². The molecule has 0 radical (unpaired) electrons. The van der Waals surface area contributed by atoms with E-state index in [0.717, 1.165) is 38.5 Å². The van der Waals surface area contributed by atoms with Crippen LogP contribution in [0.4, 0.5) is 0 Å². The number of aliphatic hydroxyl groups is 1. The Kier molecular flexibility index (Phi) is 7.96. The largest absolute Gasteiger partial charge is 0.469 e. The molecule has 0 unspecified atom stereocenters. The highest BCUT2D eigenvalue weighted by molar-refractivity contribution is 5.68. The normalized spacial score (nSPS) is 23.2. The maximum atomic E-state index is 10.9. The summed E-state index contributed by atoms with van der Waals surface area (Å²) in [6.07, 6.45) is 6.36. The van der Waals surface area contributed by atoms with Gasteiger partial charge in [-0.05, 0) is 19.3 Å². The summed E-state index contributed by atoms with van der Waals surface area (Å²) in [5.41, 5.74) is 0. The molecule has 1 rings (SSSR count). The maximum absolute atomic E-state index is 10.9. The van der Waals surface area contributed by atoms with E-state index in [1.165, 1.54) is 7.11 Å². The summed E-state index contributed by atoms with van der Waals surface area (Å²) in [4.78, 5) is 10.9. The summed E-state index contributed by atoms with van der Waals surface area (Å²) in [5, 5.41) is 8.87. The monoisotopic (exact) mass is 260 g/mol. The van der Waals surface area contributed by atoms with Gasteiger partial charge < -0.3 is 19.3 Å². The molecule has 0 saturated carbocycles. The molecule has 1 aliphatic rings. The topological polar surface area (TPSA) is 65.0 Å². The lowest BCUT2D eigenvalue weighted by Gasteiger charge is -2.09. The Morgan fingerprint density at radius 3 is 2.67 bits per heavy atom. The molecule has 0 aromatic heterocycles. The second-order valence-electron chi connectivity index (χ2n) is 4.59. The SMILES string of the molecule is COC(=O)CCCCCCC[C@H]1OC[C@H](CO)O1. The number of methoxy groups -OCH3 is 1. The Bertz CT molecular complexity index is 231. The van der Waals surface area contributed by atoms with Crippen LogP contribution < -0.4 is 0 Å². The minimum atomic E-state index is -0.143. The van der Waals surface area contributed by atoms with Gasteiger partial charge in [0.15, 0.2) is 6.29 Å². The van der Waals surface area contributed by atoms with Crippen LogP contribution in [-0.4, -0.2) is 43.8 Å². The van der Waals surface area contributed by atoms with Gasteiger partial charge >= 0.3 is 5.97 Å². The molecule has 106 valence electrons. The Balaban J connectivity index is 1.86. The lowest BCUT2D eigenvalue weighted by molar-refractivity contribution is -0.140. The van der Waals surface area contributed by atoms with Crippen molar-refractivity contribution in [3.05, 3.63) is 0 Å². The fourth-order valence-electron chi connectivity index (χ4n) is 1.97. The number of hydrogen-bond donors (Lipinski definition) is 1. The van der Waals surface area contributed by atoms with E-state index in [2.05, 4.69) is 4.74 Å². The van der Waals surface area contributed by atoms with Gasteiger partial charge in [0.2, 0.25) is 0 Å². The molecule has 0 aromatic carbocycles. The molecule has 0 spiro atoms. The highest BCUT2D eigenvalue weighted by Crippen LogP contribution is 2.17. The Morgan fingerprint density at radius 2 is 2.00 bits per heavy atom. The Labute approximate surface area is 108 Å². The quantitative estimate of drug-likeness (QED) is 0.504. The first-order valence-electron chi connectivity index (χ1n) is 6.71. The Hall–Kier alpha value is -0.650. The van der Waals surface area contributed by atoms with Crippen LogP contribution in [0.2, 0.25) is 0 Å². The molecule has 0 bridgehead atoms. The minimum absolute atomic E-state index is 0.0318. The van der Waals surface area contributed by atoms with E-state index in [-0.39, 0.29) is 25.0 Å². The molecule has 18 heavy (non-hydrogen) atoms. The number of ether oxygens (including phenoxy) is 3. The van der Waals surface area contributed by atoms with Gasteiger partial charge in [-0.3, -0.25) is 4.79 Å². The molecule has 5 nitrogen and oxygen atoms in total. The molecule has 0 amide bonds. The van der Waals surface area contributed by atoms with Crippen LogP contribution in [0, 0.1) is 0 Å². The molecule has 2 atom stereocenters. The first-order valence-corrected chi connectivity index (χ1v) is 6.71. The molecule has 5 heteroatoms. The van der Waals surface area contributed by atoms with E-state index >= 15 is 0 Å². The van der Waals surface area contributed by atoms with Crippen molar-refractivity contribution in [2.75, 3.05) is 20.3 Å². The zero-order chi connectivity index (χ0) is 13.2. The zero-order valence-electron chi connectivity index (χ0n) is 11.1. The summed E-state index contributed by atoms with van der Waals surface area (Å²) in [6, 6.07) is 0. The second-order valence-corrected chi connectivity index (χ2v) is 4.59. The zero-order valence-corrected chi connectivity index (χ0v) is 11.1. The number of aliphatic hydroxyl groups excluding tert-OH is 1. The van der Waals surface area contributed by atoms with Crippen molar-refractivity contribution < 1.29 is 24.1 Å². The van der Waals surface area contributed by atoms with E-state index < -0.39 is 0 Å². The van der Waals surface area contributed by atoms with E-state index in [1.54, 1.807) is 0 Å². The summed E-state index contributed by atoms with van der Waals surface area (Å²) < 4.78 is 15.4. The number of carbonyl (C=O) groups excluding carboxylic acids is 1. The van der Waals surface area contributed by atoms with E-state index in [4.69, 9.17) is 14.6 Å². The number of carbonyl (C=O) groups is 1. The van der Waals surface area contributed by atoms with Crippen LogP contribution in [-0.2, 0) is 19.0 Å². The summed E-state index contributed by atoms with van der Waals surface area (Å²) in [5.74, 6) is -0.127. The van der Waals surface area contributed by atoms with Crippen molar-refractivity contribution in [3.63, 3.8) is 0 Å². The summed E-state index contributed by atoms with van der Waals surface area (Å²) >= 11 is 0. The van der Waals surface area contributed by atoms with Crippen LogP contribution in [0.5, 0.6) is 0 Å². The van der Waals surface area contributed by atoms with E-state index in [0.29, 0.717) is 13.0 Å². The molecule has 1 heterocycles. The third-order valence-corrected chi connectivity index (χ3v) is 3.06. The fourth-order valence-corrected chi connectivity index (χ4v) is 1.97. The summed E-state index contributed by atoms with van der Waals surface area (Å²) in [7, 11) is 1.42. The molecule has 0 aromatic rings. The average Bonchev–Trinajstić information content (AvgIpc) is 2.85. The van der Waals surface area contributed by atoms with Crippen molar-refractivity contribution in [1.29, 1.82) is 0 Å². The summed E-state index contributed by atoms with van der Waals surface area (Å²) in [6.45, 7) is 0.532. The Morgan fingerprint density at radius 1 is 1.28 bits per heavy atom. The number of rotatable bonds is 9. The maximum Gasteiger partial charge on any atom is 0.305 e. The first kappa shape index (κ1) is 15.4. The highest BCUT2D eigenvalue weighted by atomic mass is 16.7. The van der Waals surface area contributed by atoms with Crippen molar-refractivity contribution in [2.45, 2.75) is 57.3 Å². The van der Waals surface area contributed by atoms with E-state index in [1.807, 2.05) is 0 Å². The van der Waals surface area contributed by atoms with Crippen LogP contribution >= 0.6 is 0 Å². The van der Waals surface area contributed by atoms with Gasteiger partial charge in [-0.1, -0.05) is 19.3 Å². The molecular weight excluding hydrogens is 236 g/mol. The minimum Gasteiger partial charge on any atom is -0.469 e. The number of unbranched alkanes of at least 4 members (excludes halogenated alkanes) is 4. The van der Waals surface area contributed by atoms with Crippen molar-refractivity contribution in [2.24, 2.45) is 0 Å². The third kappa shape index (κ3) is 6.33. The van der Waals surface area contributed by atoms with Gasteiger partial charge in [0, 0.05) is 6.42 Å². The number of hydrogen-bond acceptors (Lipinski definition) is 5. The molecule has 1 saturated heterocycles. The van der Waals surface area contributed by atoms with Crippen molar-refractivity contribution >= 4 is 5.97 Å². The average molecular weight is 260 g/mol. The molecule has 1 aliphatic heterocycles. The van der Waals surface area contributed by atoms with Crippen LogP contribution in [0.3, 0.4) is 0 Å². The van der Waals surface area contributed by atoms with Crippen LogP contribution in [0.1, 0.15) is 44.9 Å². The van der Waals surface area contributed by atoms with Gasteiger partial charge in [-0.15, -0.1) is 0 Å². The lowest BCUT2D eigenvalue weighted by atomic mass is 10.1. The standard InChI is InChI=1S/C13H24O5/c1-16-12(15)7-5-3-2-4-6-8-13-17-10-11(9-14)18-13/h11,13-14H,2-10H2,1H3/t11-,13-/m0/s1. The molecule has 1 N–H and O–H groups in total. The van der Waals surface area contributed by atoms with Gasteiger partial charge in [-0.2, -0.15) is 0 Å². The van der Waals surface area contributed by atoms with Crippen LogP contribution in [0.25, 0.3) is 0 Å². The van der Waals surface area contributed by atoms with E-state index in [9.17, 15) is 4.79 Å². The van der Waals surface area contributed by atoms with Gasteiger partial charge in [0.05, 0.1) is 20.3 Å². The number of esters is 1. The fraction of sp³-hybridized carbons (Fsp3) is 0.923. The molecular formula is C13H24O5. The van der Waals surface area contributed by atoms with Gasteiger partial charge in [-0.25, -0.2) is 0 Å². The molecule has 0 aliphatic carbocycles. The smallest absolute Gasteiger partial charge is 0.305 e. The molecule has 1 fully saturated rings. The van der Waals surface area contributed by atoms with Crippen molar-refractivity contribution in [1.82, 2.24) is 0 Å². The first-order chi connectivity index (χ1) is 8.76. The lowest BCUT2D eigenvalue weighted by Crippen LogP contribution is -2.16. The third-order valence-electron chi connectivity index (χ3n) is 3.06. The van der Waals surface area contributed by atoms with Crippen molar-refractivity contribution in [3.8, 4) is 0 Å².